The van der Waals surface area contributed by atoms with Gasteiger partial charge in [-0.25, -0.2) is 9.97 Å². The molecule has 0 aliphatic rings. The van der Waals surface area contributed by atoms with Crippen LogP contribution in [0.25, 0.3) is 0 Å². The molecule has 1 aromatic heterocycles. The highest BCUT2D eigenvalue weighted by Gasteiger charge is 2.09. The third-order valence-electron chi connectivity index (χ3n) is 1.90. The molecule has 90 valence electrons. The minimum atomic E-state index is -0.164. The van der Waals surface area contributed by atoms with Gasteiger partial charge in [0.1, 0.15) is 0 Å². The van der Waals surface area contributed by atoms with E-state index in [1.807, 2.05) is 20.8 Å². The predicted molar refractivity (Wildman–Crippen MR) is 65.4 cm³/mol. The zero-order valence-electron chi connectivity index (χ0n) is 9.60. The van der Waals surface area contributed by atoms with Crippen LogP contribution in [0.15, 0.2) is 12.3 Å². The molecule has 0 aliphatic heterocycles. The van der Waals surface area contributed by atoms with Gasteiger partial charge in [-0.3, -0.25) is 10.1 Å². The van der Waals surface area contributed by atoms with E-state index in [0.29, 0.717) is 11.6 Å². The molecule has 0 bridgehead atoms. The summed E-state index contributed by atoms with van der Waals surface area (Å²) in [5.41, 5.74) is 6.38. The van der Waals surface area contributed by atoms with Gasteiger partial charge < -0.3 is 5.73 Å². The second kappa shape index (κ2) is 6.40. The SMILES string of the molecule is CC(C)C(=O)Nc1nccc(C(C)N)n1.Cl. The largest absolute Gasteiger partial charge is 0.323 e. The van der Waals surface area contributed by atoms with Crippen molar-refractivity contribution in [3.8, 4) is 0 Å². The predicted octanol–water partition coefficient (Wildman–Crippen LogP) is 1.51. The molecule has 0 radical (unpaired) electrons. The first-order valence-electron chi connectivity index (χ1n) is 4.90. The number of aromatic nitrogens is 2. The summed E-state index contributed by atoms with van der Waals surface area (Å²) in [6.45, 7) is 5.45. The van der Waals surface area contributed by atoms with Gasteiger partial charge in [0.15, 0.2) is 0 Å². The van der Waals surface area contributed by atoms with Gasteiger partial charge in [-0.1, -0.05) is 13.8 Å². The number of rotatable bonds is 3. The van der Waals surface area contributed by atoms with Gasteiger partial charge in [0.2, 0.25) is 11.9 Å². The molecular weight excluding hydrogens is 228 g/mol. The second-order valence-corrected chi connectivity index (χ2v) is 3.74. The third-order valence-corrected chi connectivity index (χ3v) is 1.90. The fourth-order valence-corrected chi connectivity index (χ4v) is 0.941. The van der Waals surface area contributed by atoms with Gasteiger partial charge in [0.25, 0.3) is 0 Å². The fourth-order valence-electron chi connectivity index (χ4n) is 0.941. The molecule has 0 saturated carbocycles. The Balaban J connectivity index is 0.00000225. The van der Waals surface area contributed by atoms with Crippen molar-refractivity contribution < 1.29 is 4.79 Å². The lowest BCUT2D eigenvalue weighted by Gasteiger charge is -2.08. The molecule has 16 heavy (non-hydrogen) atoms. The lowest BCUT2D eigenvalue weighted by molar-refractivity contribution is -0.118. The number of anilines is 1. The Kier molecular flexibility index (Phi) is 5.92. The number of halogens is 1. The van der Waals surface area contributed by atoms with Crippen LogP contribution >= 0.6 is 12.4 Å². The van der Waals surface area contributed by atoms with Crippen molar-refractivity contribution in [2.24, 2.45) is 11.7 Å². The summed E-state index contributed by atoms with van der Waals surface area (Å²) >= 11 is 0. The van der Waals surface area contributed by atoms with Crippen molar-refractivity contribution in [1.82, 2.24) is 9.97 Å². The van der Waals surface area contributed by atoms with Crippen LogP contribution in [0.4, 0.5) is 5.95 Å². The van der Waals surface area contributed by atoms with Gasteiger partial charge >= 0.3 is 0 Å². The molecule has 3 N–H and O–H groups in total. The minimum absolute atomic E-state index is 0. The quantitative estimate of drug-likeness (QED) is 0.845. The Morgan fingerprint density at radius 3 is 2.56 bits per heavy atom. The number of nitrogens with zero attached hydrogens (tertiary/aromatic N) is 2. The molecule has 1 rings (SSSR count). The molecule has 0 aromatic carbocycles. The first kappa shape index (κ1) is 14.8. The van der Waals surface area contributed by atoms with E-state index in [1.165, 1.54) is 0 Å². The van der Waals surface area contributed by atoms with Crippen molar-refractivity contribution >= 4 is 24.3 Å². The summed E-state index contributed by atoms with van der Waals surface area (Å²) in [6.07, 6.45) is 1.58. The number of carbonyl (C=O) groups is 1. The van der Waals surface area contributed by atoms with E-state index in [0.717, 1.165) is 0 Å². The summed E-state index contributed by atoms with van der Waals surface area (Å²) in [7, 11) is 0. The molecule has 1 aromatic rings. The highest BCUT2D eigenvalue weighted by Crippen LogP contribution is 2.08. The van der Waals surface area contributed by atoms with Crippen LogP contribution in [0.5, 0.6) is 0 Å². The third kappa shape index (κ3) is 4.12. The number of nitrogens with two attached hydrogens (primary N) is 1. The maximum absolute atomic E-state index is 11.4. The van der Waals surface area contributed by atoms with E-state index < -0.39 is 0 Å². The van der Waals surface area contributed by atoms with E-state index in [-0.39, 0.29) is 30.3 Å². The van der Waals surface area contributed by atoms with E-state index in [4.69, 9.17) is 5.73 Å². The van der Waals surface area contributed by atoms with Crippen LogP contribution < -0.4 is 11.1 Å². The average Bonchev–Trinajstić information content (AvgIpc) is 2.18. The van der Waals surface area contributed by atoms with Crippen LogP contribution in [0.1, 0.15) is 32.5 Å². The fraction of sp³-hybridized carbons (Fsp3) is 0.500. The van der Waals surface area contributed by atoms with Crippen molar-refractivity contribution in [3.05, 3.63) is 18.0 Å². The molecule has 5 nitrogen and oxygen atoms in total. The summed E-state index contributed by atoms with van der Waals surface area (Å²) < 4.78 is 0. The molecule has 1 atom stereocenters. The average molecular weight is 245 g/mol. The van der Waals surface area contributed by atoms with E-state index in [9.17, 15) is 4.79 Å². The molecule has 0 spiro atoms. The van der Waals surface area contributed by atoms with Crippen molar-refractivity contribution in [3.63, 3.8) is 0 Å². The van der Waals surface area contributed by atoms with E-state index >= 15 is 0 Å². The number of amides is 1. The molecule has 6 heteroatoms. The molecule has 0 aliphatic carbocycles. The first-order chi connectivity index (χ1) is 7.00. The standard InChI is InChI=1S/C10H16N4O.ClH/c1-6(2)9(15)14-10-12-5-4-8(13-10)7(3)11;/h4-7H,11H2,1-3H3,(H,12,13,14,15);1H. The maximum Gasteiger partial charge on any atom is 0.229 e. The van der Waals surface area contributed by atoms with Crippen LogP contribution in [-0.2, 0) is 4.79 Å². The van der Waals surface area contributed by atoms with Crippen LogP contribution in [0.2, 0.25) is 0 Å². The monoisotopic (exact) mass is 244 g/mol. The number of nitrogens with one attached hydrogen (secondary N) is 1. The Bertz CT molecular complexity index is 354. The van der Waals surface area contributed by atoms with Gasteiger partial charge in [-0.15, -0.1) is 12.4 Å². The van der Waals surface area contributed by atoms with Crippen molar-refractivity contribution in [1.29, 1.82) is 0 Å². The number of hydrogen-bond acceptors (Lipinski definition) is 4. The Morgan fingerprint density at radius 1 is 1.44 bits per heavy atom. The van der Waals surface area contributed by atoms with Crippen LogP contribution in [-0.4, -0.2) is 15.9 Å². The number of hydrogen-bond donors (Lipinski definition) is 2. The lowest BCUT2D eigenvalue weighted by atomic mass is 10.2. The lowest BCUT2D eigenvalue weighted by Crippen LogP contribution is -2.20. The van der Waals surface area contributed by atoms with Crippen molar-refractivity contribution in [2.45, 2.75) is 26.8 Å². The van der Waals surface area contributed by atoms with Gasteiger partial charge in [0, 0.05) is 18.2 Å². The van der Waals surface area contributed by atoms with E-state index in [2.05, 4.69) is 15.3 Å². The zero-order chi connectivity index (χ0) is 11.4. The van der Waals surface area contributed by atoms with Gasteiger partial charge in [-0.2, -0.15) is 0 Å². The normalized spacial score (nSPS) is 11.8. The molecule has 0 fully saturated rings. The van der Waals surface area contributed by atoms with Crippen LogP contribution in [0.3, 0.4) is 0 Å². The summed E-state index contributed by atoms with van der Waals surface area (Å²) in [5.74, 6) is 0.118. The second-order valence-electron chi connectivity index (χ2n) is 3.74. The minimum Gasteiger partial charge on any atom is -0.323 e. The highest BCUT2D eigenvalue weighted by molar-refractivity contribution is 5.90. The molecule has 0 saturated heterocycles. The highest BCUT2D eigenvalue weighted by atomic mass is 35.5. The summed E-state index contributed by atoms with van der Waals surface area (Å²) in [4.78, 5) is 19.4. The topological polar surface area (TPSA) is 80.9 Å². The van der Waals surface area contributed by atoms with Crippen molar-refractivity contribution in [2.75, 3.05) is 5.32 Å². The van der Waals surface area contributed by atoms with Gasteiger partial charge in [-0.05, 0) is 13.0 Å². The molecular formula is C10H17ClN4O. The smallest absolute Gasteiger partial charge is 0.229 e. The molecule has 1 heterocycles. The summed E-state index contributed by atoms with van der Waals surface area (Å²) in [6, 6.07) is 1.57. The van der Waals surface area contributed by atoms with Gasteiger partial charge in [0.05, 0.1) is 5.69 Å². The first-order valence-corrected chi connectivity index (χ1v) is 4.90. The molecule has 1 amide bonds. The Labute approximate surface area is 101 Å². The zero-order valence-corrected chi connectivity index (χ0v) is 10.4. The Morgan fingerprint density at radius 2 is 2.06 bits per heavy atom. The Hall–Kier alpha value is -1.20. The maximum atomic E-state index is 11.4. The van der Waals surface area contributed by atoms with E-state index in [1.54, 1.807) is 12.3 Å². The number of carbonyl (C=O) groups excluding carboxylic acids is 1. The summed E-state index contributed by atoms with van der Waals surface area (Å²) in [5, 5.41) is 2.62. The van der Waals surface area contributed by atoms with Crippen LogP contribution in [0, 0.1) is 5.92 Å². The molecule has 1 unspecified atom stereocenters.